The van der Waals surface area contributed by atoms with Crippen molar-refractivity contribution in [3.8, 4) is 23.3 Å². The van der Waals surface area contributed by atoms with E-state index in [4.69, 9.17) is 19.5 Å². The predicted molar refractivity (Wildman–Crippen MR) is 63.4 cm³/mol. The molecular weight excluding hydrogens is 274 g/mol. The molecule has 1 aromatic carbocycles. The summed E-state index contributed by atoms with van der Waals surface area (Å²) in [7, 11) is 4.60. The molecule has 1 aromatic rings. The third kappa shape index (κ3) is 2.22. The second kappa shape index (κ2) is 5.61. The van der Waals surface area contributed by atoms with Crippen molar-refractivity contribution in [1.29, 1.82) is 5.26 Å². The van der Waals surface area contributed by atoms with Crippen LogP contribution >= 0.6 is 15.9 Å². The van der Waals surface area contributed by atoms with Crippen LogP contribution in [-0.2, 0) is 0 Å². The maximum atomic E-state index is 8.87. The molecule has 0 radical (unpaired) electrons. The summed E-state index contributed by atoms with van der Waals surface area (Å²) in [6, 6.07) is 5.59. The van der Waals surface area contributed by atoms with E-state index in [0.717, 1.165) is 0 Å². The minimum absolute atomic E-state index is 0.442. The topological polar surface area (TPSA) is 51.5 Å². The fourth-order valence-corrected chi connectivity index (χ4v) is 1.75. The molecule has 0 aliphatic carbocycles. The van der Waals surface area contributed by atoms with Gasteiger partial charge < -0.3 is 14.2 Å². The predicted octanol–water partition coefficient (Wildman–Crippen LogP) is 2.67. The lowest BCUT2D eigenvalue weighted by atomic mass is 10.1. The lowest BCUT2D eigenvalue weighted by Gasteiger charge is -2.15. The minimum atomic E-state index is -0.442. The number of methoxy groups -OCH3 is 3. The number of rotatable bonds is 4. The molecule has 0 saturated heterocycles. The lowest BCUT2D eigenvalue weighted by Crippen LogP contribution is -1.99. The zero-order valence-electron chi connectivity index (χ0n) is 9.28. The first kappa shape index (κ1) is 12.7. The van der Waals surface area contributed by atoms with Gasteiger partial charge in [0.05, 0.1) is 27.4 Å². The summed E-state index contributed by atoms with van der Waals surface area (Å²) in [4.78, 5) is -0.442. The molecule has 0 bridgehead atoms. The van der Waals surface area contributed by atoms with Gasteiger partial charge in [0.25, 0.3) is 0 Å². The molecule has 1 atom stereocenters. The van der Waals surface area contributed by atoms with Crippen LogP contribution in [0.25, 0.3) is 0 Å². The van der Waals surface area contributed by atoms with Gasteiger partial charge in [-0.25, -0.2) is 0 Å². The molecule has 0 aliphatic rings. The third-order valence-corrected chi connectivity index (χ3v) is 2.82. The van der Waals surface area contributed by atoms with Crippen LogP contribution in [0.15, 0.2) is 12.1 Å². The highest BCUT2D eigenvalue weighted by atomic mass is 79.9. The molecule has 0 fully saturated rings. The van der Waals surface area contributed by atoms with E-state index in [2.05, 4.69) is 22.0 Å². The van der Waals surface area contributed by atoms with E-state index in [-0.39, 0.29) is 0 Å². The average molecular weight is 286 g/mol. The number of hydrogen-bond acceptors (Lipinski definition) is 4. The summed E-state index contributed by atoms with van der Waals surface area (Å²) >= 11 is 3.25. The Morgan fingerprint density at radius 2 is 1.75 bits per heavy atom. The Kier molecular flexibility index (Phi) is 4.44. The Morgan fingerprint density at radius 1 is 1.12 bits per heavy atom. The Balaban J connectivity index is 3.38. The number of nitriles is 1. The molecule has 16 heavy (non-hydrogen) atoms. The summed E-state index contributed by atoms with van der Waals surface area (Å²) in [6.45, 7) is 0. The van der Waals surface area contributed by atoms with Crippen LogP contribution in [0.3, 0.4) is 0 Å². The van der Waals surface area contributed by atoms with Crippen LogP contribution in [0.2, 0.25) is 0 Å². The van der Waals surface area contributed by atoms with E-state index < -0.39 is 4.83 Å². The Morgan fingerprint density at radius 3 is 2.19 bits per heavy atom. The monoisotopic (exact) mass is 285 g/mol. The fourth-order valence-electron chi connectivity index (χ4n) is 1.39. The van der Waals surface area contributed by atoms with Crippen molar-refractivity contribution in [3.63, 3.8) is 0 Å². The Bertz CT molecular complexity index is 414. The third-order valence-electron chi connectivity index (χ3n) is 2.12. The molecule has 4 nitrogen and oxygen atoms in total. The van der Waals surface area contributed by atoms with Gasteiger partial charge in [-0.1, -0.05) is 15.9 Å². The largest absolute Gasteiger partial charge is 0.493 e. The van der Waals surface area contributed by atoms with Crippen molar-refractivity contribution in [2.75, 3.05) is 21.3 Å². The van der Waals surface area contributed by atoms with Crippen molar-refractivity contribution in [2.45, 2.75) is 4.83 Å². The summed E-state index contributed by atoms with van der Waals surface area (Å²) in [5.41, 5.74) is 0.711. The van der Waals surface area contributed by atoms with E-state index in [9.17, 15) is 0 Å². The van der Waals surface area contributed by atoms with E-state index in [1.165, 1.54) is 14.2 Å². The summed E-state index contributed by atoms with van der Waals surface area (Å²) < 4.78 is 15.6. The number of nitrogens with zero attached hydrogens (tertiary/aromatic N) is 1. The first-order valence-electron chi connectivity index (χ1n) is 4.52. The van der Waals surface area contributed by atoms with Gasteiger partial charge in [-0.05, 0) is 12.1 Å². The standard InChI is InChI=1S/C11H12BrNO3/c1-14-9-5-4-7(8(12)6-13)10(15-2)11(9)16-3/h4-5,8H,1-3H3. The van der Waals surface area contributed by atoms with E-state index in [0.29, 0.717) is 22.8 Å². The maximum absolute atomic E-state index is 8.87. The molecule has 0 heterocycles. The fraction of sp³-hybridized carbons (Fsp3) is 0.364. The van der Waals surface area contributed by atoms with Crippen LogP contribution < -0.4 is 14.2 Å². The van der Waals surface area contributed by atoms with E-state index in [1.807, 2.05) is 0 Å². The van der Waals surface area contributed by atoms with Gasteiger partial charge in [0.2, 0.25) is 5.75 Å². The van der Waals surface area contributed by atoms with Crippen LogP contribution in [0, 0.1) is 11.3 Å². The van der Waals surface area contributed by atoms with Gasteiger partial charge in [-0.15, -0.1) is 0 Å². The number of hydrogen-bond donors (Lipinski definition) is 0. The lowest BCUT2D eigenvalue weighted by molar-refractivity contribution is 0.322. The first-order chi connectivity index (χ1) is 7.69. The zero-order chi connectivity index (χ0) is 12.1. The molecule has 0 amide bonds. The normalized spacial score (nSPS) is 11.4. The van der Waals surface area contributed by atoms with Crippen LogP contribution in [0.4, 0.5) is 0 Å². The number of ether oxygens (including phenoxy) is 3. The molecular formula is C11H12BrNO3. The molecule has 5 heteroatoms. The molecule has 86 valence electrons. The molecule has 0 N–H and O–H groups in total. The highest BCUT2D eigenvalue weighted by Gasteiger charge is 2.20. The maximum Gasteiger partial charge on any atom is 0.203 e. The van der Waals surface area contributed by atoms with Gasteiger partial charge in [-0.2, -0.15) is 5.26 Å². The SMILES string of the molecule is COc1ccc(C(Br)C#N)c(OC)c1OC. The van der Waals surface area contributed by atoms with Crippen molar-refractivity contribution in [3.05, 3.63) is 17.7 Å². The van der Waals surface area contributed by atoms with Gasteiger partial charge >= 0.3 is 0 Å². The molecule has 0 spiro atoms. The van der Waals surface area contributed by atoms with E-state index >= 15 is 0 Å². The van der Waals surface area contributed by atoms with Crippen molar-refractivity contribution in [1.82, 2.24) is 0 Å². The van der Waals surface area contributed by atoms with Crippen LogP contribution in [0.5, 0.6) is 17.2 Å². The van der Waals surface area contributed by atoms with Crippen molar-refractivity contribution in [2.24, 2.45) is 0 Å². The molecule has 0 aromatic heterocycles. The van der Waals surface area contributed by atoms with Gasteiger partial charge in [0.1, 0.15) is 4.83 Å². The Labute approximate surface area is 103 Å². The number of benzene rings is 1. The van der Waals surface area contributed by atoms with Gasteiger partial charge in [0, 0.05) is 5.56 Å². The zero-order valence-corrected chi connectivity index (χ0v) is 10.9. The minimum Gasteiger partial charge on any atom is -0.493 e. The second-order valence-corrected chi connectivity index (χ2v) is 3.83. The first-order valence-corrected chi connectivity index (χ1v) is 5.43. The molecule has 1 rings (SSSR count). The quantitative estimate of drug-likeness (QED) is 0.798. The van der Waals surface area contributed by atoms with Crippen molar-refractivity contribution < 1.29 is 14.2 Å². The van der Waals surface area contributed by atoms with Gasteiger partial charge in [0.15, 0.2) is 11.5 Å². The second-order valence-electron chi connectivity index (χ2n) is 2.92. The highest BCUT2D eigenvalue weighted by Crippen LogP contribution is 2.43. The molecule has 0 aliphatic heterocycles. The summed E-state index contributed by atoms with van der Waals surface area (Å²) in [5, 5.41) is 8.87. The molecule has 0 saturated carbocycles. The van der Waals surface area contributed by atoms with Crippen molar-refractivity contribution >= 4 is 15.9 Å². The Hall–Kier alpha value is -1.41. The summed E-state index contributed by atoms with van der Waals surface area (Å²) in [6.07, 6.45) is 0. The smallest absolute Gasteiger partial charge is 0.203 e. The molecule has 1 unspecified atom stereocenters. The van der Waals surface area contributed by atoms with Crippen LogP contribution in [0.1, 0.15) is 10.4 Å². The summed E-state index contributed by atoms with van der Waals surface area (Å²) in [5.74, 6) is 1.56. The average Bonchev–Trinajstić information content (AvgIpc) is 2.35. The number of halogens is 1. The van der Waals surface area contributed by atoms with Gasteiger partial charge in [-0.3, -0.25) is 0 Å². The highest BCUT2D eigenvalue weighted by molar-refractivity contribution is 9.09. The van der Waals surface area contributed by atoms with Crippen LogP contribution in [-0.4, -0.2) is 21.3 Å². The number of alkyl halides is 1. The van der Waals surface area contributed by atoms with E-state index in [1.54, 1.807) is 19.2 Å².